The van der Waals surface area contributed by atoms with Crippen LogP contribution in [0.4, 0.5) is 8.78 Å². The highest BCUT2D eigenvalue weighted by Crippen LogP contribution is 2.30. The van der Waals surface area contributed by atoms with E-state index in [4.69, 9.17) is 11.6 Å². The molecule has 0 saturated carbocycles. The molecule has 0 spiro atoms. The molecule has 0 radical (unpaired) electrons. The predicted octanol–water partition coefficient (Wildman–Crippen LogP) is 5.95. The van der Waals surface area contributed by atoms with Crippen LogP contribution in [0.3, 0.4) is 0 Å². The zero-order chi connectivity index (χ0) is 14.8. The molecule has 0 amide bonds. The summed E-state index contributed by atoms with van der Waals surface area (Å²) in [7, 11) is 0. The van der Waals surface area contributed by atoms with Gasteiger partial charge in [-0.15, -0.1) is 0 Å². The van der Waals surface area contributed by atoms with Gasteiger partial charge in [0, 0.05) is 16.1 Å². The fourth-order valence-corrected chi connectivity index (χ4v) is 2.42. The number of hydrogen-bond donors (Lipinski definition) is 0. The van der Waals surface area contributed by atoms with Crippen LogP contribution in [0.2, 0.25) is 5.02 Å². The van der Waals surface area contributed by atoms with Crippen molar-refractivity contribution < 1.29 is 8.78 Å². The largest absolute Gasteiger partial charge is 0.206 e. The predicted molar refractivity (Wildman–Crippen MR) is 82.2 cm³/mol. The van der Waals surface area contributed by atoms with Crippen molar-refractivity contribution in [3.8, 4) is 22.3 Å². The molecule has 21 heavy (non-hydrogen) atoms. The van der Waals surface area contributed by atoms with Gasteiger partial charge in [-0.05, 0) is 35.4 Å². The average molecular weight is 301 g/mol. The Morgan fingerprint density at radius 3 is 1.90 bits per heavy atom. The Kier molecular flexibility index (Phi) is 3.72. The molecule has 0 aliphatic rings. The van der Waals surface area contributed by atoms with E-state index in [2.05, 4.69) is 0 Å². The monoisotopic (exact) mass is 300 g/mol. The molecule has 0 aliphatic carbocycles. The van der Waals surface area contributed by atoms with Crippen LogP contribution in [0.1, 0.15) is 0 Å². The quantitative estimate of drug-likeness (QED) is 0.548. The van der Waals surface area contributed by atoms with E-state index >= 15 is 0 Å². The standard InChI is InChI=1S/C18H11ClF2/c19-14-7-9-16(18(21)11-14)13-6-8-15(17(20)10-13)12-4-2-1-3-5-12/h1-11H. The average Bonchev–Trinajstić information content (AvgIpc) is 2.48. The second-order valence-electron chi connectivity index (χ2n) is 4.68. The zero-order valence-electron chi connectivity index (χ0n) is 11.0. The molecule has 104 valence electrons. The Labute approximate surface area is 126 Å². The van der Waals surface area contributed by atoms with Gasteiger partial charge in [0.1, 0.15) is 11.6 Å². The summed E-state index contributed by atoms with van der Waals surface area (Å²) >= 11 is 5.73. The van der Waals surface area contributed by atoms with Gasteiger partial charge in [-0.3, -0.25) is 0 Å². The lowest BCUT2D eigenvalue weighted by molar-refractivity contribution is 0.626. The first kappa shape index (κ1) is 13.8. The van der Waals surface area contributed by atoms with Gasteiger partial charge < -0.3 is 0 Å². The van der Waals surface area contributed by atoms with Gasteiger partial charge in [0.25, 0.3) is 0 Å². The van der Waals surface area contributed by atoms with Crippen molar-refractivity contribution in [1.82, 2.24) is 0 Å². The summed E-state index contributed by atoms with van der Waals surface area (Å²) in [6.45, 7) is 0. The smallest absolute Gasteiger partial charge is 0.132 e. The number of rotatable bonds is 2. The van der Waals surface area contributed by atoms with Crippen molar-refractivity contribution in [1.29, 1.82) is 0 Å². The van der Waals surface area contributed by atoms with Crippen LogP contribution in [-0.4, -0.2) is 0 Å². The van der Waals surface area contributed by atoms with Gasteiger partial charge in [-0.1, -0.05) is 54.1 Å². The van der Waals surface area contributed by atoms with Crippen molar-refractivity contribution in [3.05, 3.63) is 83.4 Å². The van der Waals surface area contributed by atoms with Crippen LogP contribution >= 0.6 is 11.6 Å². The summed E-state index contributed by atoms with van der Waals surface area (Å²) in [5.41, 5.74) is 2.10. The minimum Gasteiger partial charge on any atom is -0.206 e. The van der Waals surface area contributed by atoms with Crippen molar-refractivity contribution in [2.75, 3.05) is 0 Å². The van der Waals surface area contributed by atoms with E-state index in [9.17, 15) is 8.78 Å². The summed E-state index contributed by atoms with van der Waals surface area (Å²) in [6, 6.07) is 18.3. The van der Waals surface area contributed by atoms with Gasteiger partial charge >= 0.3 is 0 Å². The molecule has 0 unspecified atom stereocenters. The summed E-state index contributed by atoms with van der Waals surface area (Å²) in [5, 5.41) is 0.317. The first-order valence-electron chi connectivity index (χ1n) is 6.45. The van der Waals surface area contributed by atoms with E-state index in [0.29, 0.717) is 21.7 Å². The summed E-state index contributed by atoms with van der Waals surface area (Å²) in [6.07, 6.45) is 0. The van der Waals surface area contributed by atoms with Crippen molar-refractivity contribution in [3.63, 3.8) is 0 Å². The third-order valence-corrected chi connectivity index (χ3v) is 3.53. The van der Waals surface area contributed by atoms with E-state index in [0.717, 1.165) is 5.56 Å². The van der Waals surface area contributed by atoms with Crippen LogP contribution in [0, 0.1) is 11.6 Å². The van der Waals surface area contributed by atoms with Crippen molar-refractivity contribution in [2.45, 2.75) is 0 Å². The number of hydrogen-bond acceptors (Lipinski definition) is 0. The van der Waals surface area contributed by atoms with Crippen molar-refractivity contribution in [2.24, 2.45) is 0 Å². The normalized spacial score (nSPS) is 10.6. The second-order valence-corrected chi connectivity index (χ2v) is 5.12. The maximum absolute atomic E-state index is 14.3. The lowest BCUT2D eigenvalue weighted by Gasteiger charge is -2.08. The molecule has 0 atom stereocenters. The van der Waals surface area contributed by atoms with E-state index in [-0.39, 0.29) is 5.82 Å². The summed E-state index contributed by atoms with van der Waals surface area (Å²) in [4.78, 5) is 0. The molecule has 0 nitrogen and oxygen atoms in total. The van der Waals surface area contributed by atoms with Gasteiger partial charge in [0.15, 0.2) is 0 Å². The fourth-order valence-electron chi connectivity index (χ4n) is 2.26. The lowest BCUT2D eigenvalue weighted by atomic mass is 9.99. The van der Waals surface area contributed by atoms with E-state index < -0.39 is 5.82 Å². The molecule has 0 bridgehead atoms. The highest BCUT2D eigenvalue weighted by atomic mass is 35.5. The molecular weight excluding hydrogens is 290 g/mol. The Morgan fingerprint density at radius 1 is 0.619 bits per heavy atom. The van der Waals surface area contributed by atoms with E-state index in [1.54, 1.807) is 24.3 Å². The highest BCUT2D eigenvalue weighted by molar-refractivity contribution is 6.30. The molecule has 3 aromatic rings. The maximum atomic E-state index is 14.3. The first-order valence-corrected chi connectivity index (χ1v) is 6.83. The van der Waals surface area contributed by atoms with E-state index in [1.807, 2.05) is 30.3 Å². The molecule has 3 aromatic carbocycles. The van der Waals surface area contributed by atoms with Crippen LogP contribution in [0.15, 0.2) is 66.7 Å². The molecule has 0 heterocycles. The Morgan fingerprint density at radius 2 is 1.24 bits per heavy atom. The third-order valence-electron chi connectivity index (χ3n) is 3.30. The van der Waals surface area contributed by atoms with Crippen LogP contribution in [0.25, 0.3) is 22.3 Å². The molecule has 0 aliphatic heterocycles. The molecule has 0 N–H and O–H groups in total. The van der Waals surface area contributed by atoms with Gasteiger partial charge in [0.05, 0.1) is 0 Å². The third kappa shape index (κ3) is 2.81. The van der Waals surface area contributed by atoms with Gasteiger partial charge in [-0.25, -0.2) is 8.78 Å². The van der Waals surface area contributed by atoms with Crippen LogP contribution in [-0.2, 0) is 0 Å². The van der Waals surface area contributed by atoms with Gasteiger partial charge in [0.2, 0.25) is 0 Å². The topological polar surface area (TPSA) is 0 Å². The van der Waals surface area contributed by atoms with Gasteiger partial charge in [-0.2, -0.15) is 0 Å². The highest BCUT2D eigenvalue weighted by Gasteiger charge is 2.10. The lowest BCUT2D eigenvalue weighted by Crippen LogP contribution is -1.89. The summed E-state index contributed by atoms with van der Waals surface area (Å²) in [5.74, 6) is -0.845. The Balaban J connectivity index is 2.06. The minimum absolute atomic E-state index is 0.317. The summed E-state index contributed by atoms with van der Waals surface area (Å²) < 4.78 is 28.2. The molecule has 0 fully saturated rings. The molecule has 3 heteroatoms. The van der Waals surface area contributed by atoms with Crippen molar-refractivity contribution >= 4 is 11.6 Å². The molecule has 0 aromatic heterocycles. The van der Waals surface area contributed by atoms with E-state index in [1.165, 1.54) is 12.1 Å². The SMILES string of the molecule is Fc1cc(Cl)ccc1-c1ccc(-c2ccccc2)c(F)c1. The fraction of sp³-hybridized carbons (Fsp3) is 0. The Hall–Kier alpha value is -2.19. The number of halogens is 3. The van der Waals surface area contributed by atoms with Crippen LogP contribution in [0.5, 0.6) is 0 Å². The Bertz CT molecular complexity index is 782. The molecule has 0 saturated heterocycles. The zero-order valence-corrected chi connectivity index (χ0v) is 11.7. The maximum Gasteiger partial charge on any atom is 0.132 e. The first-order chi connectivity index (χ1) is 10.1. The number of benzene rings is 3. The van der Waals surface area contributed by atoms with Crippen LogP contribution < -0.4 is 0 Å². The molecular formula is C18H11ClF2. The second kappa shape index (κ2) is 5.66. The minimum atomic E-state index is -0.464. The molecule has 3 rings (SSSR count).